The highest BCUT2D eigenvalue weighted by Gasteiger charge is 2.25. The van der Waals surface area contributed by atoms with E-state index in [0.717, 1.165) is 32.0 Å². The number of hydrogen-bond donors (Lipinski definition) is 0. The van der Waals surface area contributed by atoms with Crippen LogP contribution >= 0.6 is 11.8 Å². The molecule has 0 N–H and O–H groups in total. The molecule has 0 aliphatic carbocycles. The summed E-state index contributed by atoms with van der Waals surface area (Å²) in [5.74, 6) is 0.146. The van der Waals surface area contributed by atoms with Gasteiger partial charge < -0.3 is 9.47 Å². The average molecular weight is 467 g/mol. The Hall–Kier alpha value is -2.79. The third-order valence-corrected chi connectivity index (χ3v) is 6.46. The van der Waals surface area contributed by atoms with Crippen molar-refractivity contribution in [2.45, 2.75) is 76.0 Å². The van der Waals surface area contributed by atoms with Gasteiger partial charge in [0.15, 0.2) is 0 Å². The number of carbonyl (C=O) groups excluding carboxylic acids is 2. The van der Waals surface area contributed by atoms with Crippen LogP contribution in [0.2, 0.25) is 0 Å². The van der Waals surface area contributed by atoms with Crippen LogP contribution in [0.1, 0.15) is 63.8 Å². The summed E-state index contributed by atoms with van der Waals surface area (Å²) in [6, 6.07) is 8.00. The fourth-order valence-electron chi connectivity index (χ4n) is 3.30. The van der Waals surface area contributed by atoms with Crippen molar-refractivity contribution in [2.75, 3.05) is 0 Å². The van der Waals surface area contributed by atoms with Crippen LogP contribution in [0.25, 0.3) is 0 Å². The Morgan fingerprint density at radius 1 is 0.727 bits per heavy atom. The molecular weight excluding hydrogens is 432 g/mol. The molecule has 2 aromatic rings. The van der Waals surface area contributed by atoms with Crippen LogP contribution in [0.3, 0.4) is 0 Å². The molecule has 0 saturated heterocycles. The number of benzene rings is 2. The fourth-order valence-corrected chi connectivity index (χ4v) is 4.33. The van der Waals surface area contributed by atoms with Crippen molar-refractivity contribution in [3.8, 4) is 11.5 Å². The predicted octanol–water partition coefficient (Wildman–Crippen LogP) is 7.23. The highest BCUT2D eigenvalue weighted by Crippen LogP contribution is 2.43. The van der Waals surface area contributed by atoms with Crippen molar-refractivity contribution >= 4 is 23.7 Å². The summed E-state index contributed by atoms with van der Waals surface area (Å²) in [6.45, 7) is 23.5. The monoisotopic (exact) mass is 466 g/mol. The highest BCUT2D eigenvalue weighted by atomic mass is 32.2. The van der Waals surface area contributed by atoms with E-state index in [1.165, 1.54) is 12.2 Å². The summed E-state index contributed by atoms with van der Waals surface area (Å²) in [6.07, 6.45) is 2.34. The molecule has 0 saturated carbocycles. The van der Waals surface area contributed by atoms with E-state index in [9.17, 15) is 9.59 Å². The molecule has 0 aromatic heterocycles. The first-order valence-corrected chi connectivity index (χ1v) is 11.7. The van der Waals surface area contributed by atoms with Gasteiger partial charge in [-0.05, 0) is 60.1 Å². The Morgan fingerprint density at radius 2 is 1.06 bits per heavy atom. The Bertz CT molecular complexity index is 1010. The van der Waals surface area contributed by atoms with Crippen molar-refractivity contribution in [3.05, 3.63) is 71.8 Å². The molecule has 0 atom stereocenters. The molecule has 2 aromatic carbocycles. The van der Waals surface area contributed by atoms with Crippen LogP contribution in [0, 0.1) is 13.8 Å². The van der Waals surface area contributed by atoms with Gasteiger partial charge in [-0.25, -0.2) is 9.59 Å². The molecule has 176 valence electrons. The molecule has 0 aliphatic heterocycles. The van der Waals surface area contributed by atoms with E-state index in [2.05, 4.69) is 66.8 Å². The lowest BCUT2D eigenvalue weighted by molar-refractivity contribution is -0.129. The van der Waals surface area contributed by atoms with Crippen LogP contribution < -0.4 is 9.47 Å². The zero-order valence-electron chi connectivity index (χ0n) is 20.9. The molecule has 4 nitrogen and oxygen atoms in total. The number of rotatable bonds is 6. The molecule has 0 fully saturated rings. The van der Waals surface area contributed by atoms with Crippen molar-refractivity contribution < 1.29 is 19.1 Å². The Balaban J connectivity index is 2.60. The van der Waals surface area contributed by atoms with Gasteiger partial charge in [-0.1, -0.05) is 66.5 Å². The van der Waals surface area contributed by atoms with E-state index in [-0.39, 0.29) is 10.8 Å². The van der Waals surface area contributed by atoms with Gasteiger partial charge in [0, 0.05) is 33.1 Å². The largest absolute Gasteiger partial charge is 0.423 e. The van der Waals surface area contributed by atoms with Crippen LogP contribution in [0.4, 0.5) is 0 Å². The summed E-state index contributed by atoms with van der Waals surface area (Å²) < 4.78 is 11.1. The average Bonchev–Trinajstić information content (AvgIpc) is 2.69. The first-order chi connectivity index (χ1) is 15.2. The maximum atomic E-state index is 11.9. The second-order valence-corrected chi connectivity index (χ2v) is 11.2. The van der Waals surface area contributed by atoms with Crippen molar-refractivity contribution in [3.63, 3.8) is 0 Å². The van der Waals surface area contributed by atoms with Gasteiger partial charge in [0.05, 0.1) is 0 Å². The van der Waals surface area contributed by atoms with Gasteiger partial charge in [-0.15, -0.1) is 0 Å². The molecule has 0 heterocycles. The number of hydrogen-bond acceptors (Lipinski definition) is 5. The molecule has 0 spiro atoms. The second-order valence-electron chi connectivity index (χ2n) is 10.1. The van der Waals surface area contributed by atoms with Gasteiger partial charge in [0.25, 0.3) is 0 Å². The predicted molar refractivity (Wildman–Crippen MR) is 136 cm³/mol. The summed E-state index contributed by atoms with van der Waals surface area (Å²) in [4.78, 5) is 25.9. The van der Waals surface area contributed by atoms with E-state index in [4.69, 9.17) is 9.47 Å². The fraction of sp³-hybridized carbons (Fsp3) is 0.357. The van der Waals surface area contributed by atoms with Crippen molar-refractivity contribution in [2.24, 2.45) is 0 Å². The normalized spacial score (nSPS) is 11.6. The highest BCUT2D eigenvalue weighted by molar-refractivity contribution is 7.99. The minimum Gasteiger partial charge on any atom is -0.423 e. The van der Waals surface area contributed by atoms with Crippen LogP contribution in [0.5, 0.6) is 11.5 Å². The topological polar surface area (TPSA) is 52.6 Å². The zero-order chi connectivity index (χ0) is 25.1. The SMILES string of the molecule is C=CC(=O)Oc1cc(C)c(Sc2cc(C(C)(C)C)c(OC(=O)C=C)cc2C)cc1C(C)(C)C. The summed E-state index contributed by atoms with van der Waals surface area (Å²) in [7, 11) is 0. The van der Waals surface area contributed by atoms with E-state index < -0.39 is 11.9 Å². The van der Waals surface area contributed by atoms with Gasteiger partial charge in [-0.2, -0.15) is 0 Å². The number of esters is 2. The maximum absolute atomic E-state index is 11.9. The zero-order valence-corrected chi connectivity index (χ0v) is 21.7. The maximum Gasteiger partial charge on any atom is 0.335 e. The lowest BCUT2D eigenvalue weighted by atomic mass is 9.85. The van der Waals surface area contributed by atoms with E-state index in [1.54, 1.807) is 11.8 Å². The molecule has 0 bridgehead atoms. The first kappa shape index (κ1) is 26.5. The second kappa shape index (κ2) is 10.0. The first-order valence-electron chi connectivity index (χ1n) is 10.8. The summed E-state index contributed by atoms with van der Waals surface area (Å²) >= 11 is 1.65. The van der Waals surface area contributed by atoms with Crippen molar-refractivity contribution in [1.29, 1.82) is 0 Å². The summed E-state index contributed by atoms with van der Waals surface area (Å²) in [5, 5.41) is 0. The van der Waals surface area contributed by atoms with Crippen LogP contribution in [-0.2, 0) is 20.4 Å². The van der Waals surface area contributed by atoms with Crippen molar-refractivity contribution in [1.82, 2.24) is 0 Å². The third-order valence-electron chi connectivity index (χ3n) is 5.14. The third kappa shape index (κ3) is 6.61. The van der Waals surface area contributed by atoms with E-state index >= 15 is 0 Å². The Morgan fingerprint density at radius 3 is 1.33 bits per heavy atom. The lowest BCUT2D eigenvalue weighted by Gasteiger charge is -2.25. The molecule has 2 rings (SSSR count). The van der Waals surface area contributed by atoms with Crippen LogP contribution in [0.15, 0.2) is 59.4 Å². The van der Waals surface area contributed by atoms with E-state index in [0.29, 0.717) is 11.5 Å². The standard InChI is InChI=1S/C28H34O4S/c1-11-25(29)31-21-13-17(3)23(15-19(21)27(5,6)7)33-24-16-20(28(8,9)10)22(14-18(24)4)32-26(30)12-2/h11-16H,1-2H2,3-10H3. The lowest BCUT2D eigenvalue weighted by Crippen LogP contribution is -2.16. The molecule has 0 aliphatic rings. The molecular formula is C28H34O4S. The summed E-state index contributed by atoms with van der Waals surface area (Å²) in [5.41, 5.74) is 3.42. The van der Waals surface area contributed by atoms with Gasteiger partial charge in [0.2, 0.25) is 0 Å². The molecule has 5 heteroatoms. The molecule has 0 unspecified atom stereocenters. The number of aryl methyl sites for hydroxylation is 2. The Kier molecular flexibility index (Phi) is 8.02. The quantitative estimate of drug-likeness (QED) is 0.255. The number of ether oxygens (including phenoxy) is 2. The van der Waals surface area contributed by atoms with Gasteiger partial charge >= 0.3 is 11.9 Å². The minimum atomic E-state index is -0.476. The smallest absolute Gasteiger partial charge is 0.335 e. The van der Waals surface area contributed by atoms with Gasteiger partial charge in [0.1, 0.15) is 11.5 Å². The van der Waals surface area contributed by atoms with Crippen LogP contribution in [-0.4, -0.2) is 11.9 Å². The molecule has 33 heavy (non-hydrogen) atoms. The molecule has 0 amide bonds. The van der Waals surface area contributed by atoms with Gasteiger partial charge in [-0.3, -0.25) is 0 Å². The Labute approximate surface area is 202 Å². The van der Waals surface area contributed by atoms with E-state index in [1.807, 2.05) is 26.0 Å². The molecule has 0 radical (unpaired) electrons. The minimum absolute atomic E-state index is 0.228. The number of carbonyl (C=O) groups is 2.